The van der Waals surface area contributed by atoms with Crippen LogP contribution < -0.4 is 5.32 Å². The topological polar surface area (TPSA) is 81.1 Å². The second-order valence-electron chi connectivity index (χ2n) is 6.28. The molecule has 1 fully saturated rings. The average Bonchev–Trinajstić information content (AvgIpc) is 3.11. The van der Waals surface area contributed by atoms with E-state index < -0.39 is 9.84 Å². The Balaban J connectivity index is 1.60. The van der Waals surface area contributed by atoms with E-state index in [0.717, 1.165) is 5.56 Å². The first-order valence-electron chi connectivity index (χ1n) is 8.13. The summed E-state index contributed by atoms with van der Waals surface area (Å²) in [5, 5.41) is 7.80. The third-order valence-corrected chi connectivity index (χ3v) is 6.46. The maximum absolute atomic E-state index is 12.4. The molecule has 3 rings (SSSR count). The Labute approximate surface area is 152 Å². The van der Waals surface area contributed by atoms with E-state index in [0.29, 0.717) is 35.7 Å². The van der Waals surface area contributed by atoms with Crippen molar-refractivity contribution in [3.05, 3.63) is 52.3 Å². The second-order valence-corrected chi connectivity index (χ2v) is 8.94. The number of halogens is 1. The number of benzene rings is 1. The Bertz CT molecular complexity index is 875. The predicted octanol–water partition coefficient (Wildman–Crippen LogP) is 2.18. The molecule has 0 radical (unpaired) electrons. The molecular weight excluding hydrogens is 362 g/mol. The molecule has 25 heavy (non-hydrogen) atoms. The predicted molar refractivity (Wildman–Crippen MR) is 96.8 cm³/mol. The number of aromatic nitrogens is 2. The quantitative estimate of drug-likeness (QED) is 0.860. The Morgan fingerprint density at radius 3 is 2.72 bits per heavy atom. The number of carbonyl (C=O) groups excluding carboxylic acids is 1. The largest absolute Gasteiger partial charge is 0.352 e. The van der Waals surface area contributed by atoms with Gasteiger partial charge in [-0.25, -0.2) is 8.42 Å². The van der Waals surface area contributed by atoms with Crippen LogP contribution in [-0.2, 0) is 16.3 Å². The molecule has 1 N–H and O–H groups in total. The third kappa shape index (κ3) is 4.22. The maximum Gasteiger partial charge on any atom is 0.254 e. The van der Waals surface area contributed by atoms with Crippen molar-refractivity contribution in [1.29, 1.82) is 0 Å². The Kier molecular flexibility index (Phi) is 5.15. The summed E-state index contributed by atoms with van der Waals surface area (Å²) in [6, 6.07) is 7.32. The third-order valence-electron chi connectivity index (χ3n) is 4.46. The molecule has 0 bridgehead atoms. The zero-order valence-corrected chi connectivity index (χ0v) is 15.5. The summed E-state index contributed by atoms with van der Waals surface area (Å²) in [5.74, 6) is 0.0748. The highest BCUT2D eigenvalue weighted by Gasteiger charge is 2.31. The number of nitrogens with one attached hydrogen (secondary N) is 1. The van der Waals surface area contributed by atoms with Crippen molar-refractivity contribution in [2.75, 3.05) is 18.1 Å². The Morgan fingerprint density at radius 1 is 1.36 bits per heavy atom. The molecule has 2 heterocycles. The van der Waals surface area contributed by atoms with Crippen molar-refractivity contribution >= 4 is 27.3 Å². The highest BCUT2D eigenvalue weighted by molar-refractivity contribution is 7.91. The molecule has 1 aliphatic heterocycles. The lowest BCUT2D eigenvalue weighted by Gasteiger charge is -2.11. The zero-order chi connectivity index (χ0) is 18.0. The van der Waals surface area contributed by atoms with E-state index >= 15 is 0 Å². The molecule has 1 aromatic heterocycles. The van der Waals surface area contributed by atoms with E-state index in [-0.39, 0.29) is 23.5 Å². The standard InChI is InChI=1S/C17H20ClN3O3S/c1-12-16(10-20-21(12)15-7-9-25(23,24)11-15)17(22)19-8-6-13-2-4-14(18)5-3-13/h2-5,10,15H,6-9,11H2,1H3,(H,19,22). The maximum atomic E-state index is 12.4. The molecule has 0 aliphatic carbocycles. The van der Waals surface area contributed by atoms with Gasteiger partial charge in [0.05, 0.1) is 29.3 Å². The van der Waals surface area contributed by atoms with E-state index in [1.165, 1.54) is 6.20 Å². The van der Waals surface area contributed by atoms with E-state index in [2.05, 4.69) is 10.4 Å². The first kappa shape index (κ1) is 17.9. The number of amides is 1. The molecular formula is C17H20ClN3O3S. The summed E-state index contributed by atoms with van der Waals surface area (Å²) in [7, 11) is -2.99. The van der Waals surface area contributed by atoms with Crippen LogP contribution in [0.5, 0.6) is 0 Å². The second kappa shape index (κ2) is 7.17. The van der Waals surface area contributed by atoms with Gasteiger partial charge in [-0.1, -0.05) is 23.7 Å². The lowest BCUT2D eigenvalue weighted by molar-refractivity contribution is 0.0953. The molecule has 1 unspecified atom stereocenters. The van der Waals surface area contributed by atoms with Crippen molar-refractivity contribution in [3.8, 4) is 0 Å². The Hall–Kier alpha value is -1.86. The van der Waals surface area contributed by atoms with Crippen molar-refractivity contribution in [2.45, 2.75) is 25.8 Å². The molecule has 1 aromatic carbocycles. The molecule has 8 heteroatoms. The molecule has 6 nitrogen and oxygen atoms in total. The number of sulfone groups is 1. The van der Waals surface area contributed by atoms with Crippen LogP contribution in [0.4, 0.5) is 0 Å². The fraction of sp³-hybridized carbons (Fsp3) is 0.412. The lowest BCUT2D eigenvalue weighted by atomic mass is 10.1. The normalized spacial score (nSPS) is 19.0. The van der Waals surface area contributed by atoms with Crippen molar-refractivity contribution in [1.82, 2.24) is 15.1 Å². The van der Waals surface area contributed by atoms with Crippen LogP contribution in [0.15, 0.2) is 30.5 Å². The minimum Gasteiger partial charge on any atom is -0.352 e. The first-order chi connectivity index (χ1) is 11.9. The monoisotopic (exact) mass is 381 g/mol. The van der Waals surface area contributed by atoms with Gasteiger partial charge in [-0.05, 0) is 37.5 Å². The van der Waals surface area contributed by atoms with Gasteiger partial charge in [0.15, 0.2) is 9.84 Å². The fourth-order valence-corrected chi connectivity index (χ4v) is 4.87. The highest BCUT2D eigenvalue weighted by atomic mass is 35.5. The van der Waals surface area contributed by atoms with Crippen LogP contribution in [0.25, 0.3) is 0 Å². The molecule has 1 saturated heterocycles. The molecule has 2 aromatic rings. The molecule has 0 saturated carbocycles. The van der Waals surface area contributed by atoms with Crippen molar-refractivity contribution < 1.29 is 13.2 Å². The highest BCUT2D eigenvalue weighted by Crippen LogP contribution is 2.25. The summed E-state index contributed by atoms with van der Waals surface area (Å²) in [6.07, 6.45) is 2.76. The number of nitrogens with zero attached hydrogens (tertiary/aromatic N) is 2. The summed E-state index contributed by atoms with van der Waals surface area (Å²) in [4.78, 5) is 12.4. The number of rotatable bonds is 5. The Morgan fingerprint density at radius 2 is 2.08 bits per heavy atom. The van der Waals surface area contributed by atoms with E-state index in [1.807, 2.05) is 24.3 Å². The van der Waals surface area contributed by atoms with Gasteiger partial charge in [0, 0.05) is 17.3 Å². The van der Waals surface area contributed by atoms with Crippen LogP contribution in [-0.4, -0.2) is 42.2 Å². The first-order valence-corrected chi connectivity index (χ1v) is 10.3. The summed E-state index contributed by atoms with van der Waals surface area (Å²) < 4.78 is 24.9. The minimum atomic E-state index is -2.99. The van der Waals surface area contributed by atoms with E-state index in [1.54, 1.807) is 11.6 Å². The van der Waals surface area contributed by atoms with Gasteiger partial charge in [-0.3, -0.25) is 9.48 Å². The summed E-state index contributed by atoms with van der Waals surface area (Å²) in [5.41, 5.74) is 2.28. The van der Waals surface area contributed by atoms with Crippen LogP contribution >= 0.6 is 11.6 Å². The van der Waals surface area contributed by atoms with Gasteiger partial charge in [-0.15, -0.1) is 0 Å². The van der Waals surface area contributed by atoms with Gasteiger partial charge in [0.1, 0.15) is 0 Å². The fourth-order valence-electron chi connectivity index (χ4n) is 3.05. The molecule has 1 aliphatic rings. The molecule has 1 amide bonds. The van der Waals surface area contributed by atoms with Gasteiger partial charge < -0.3 is 5.32 Å². The number of hydrogen-bond acceptors (Lipinski definition) is 4. The van der Waals surface area contributed by atoms with Crippen molar-refractivity contribution in [3.63, 3.8) is 0 Å². The van der Waals surface area contributed by atoms with Gasteiger partial charge in [0.2, 0.25) is 0 Å². The van der Waals surface area contributed by atoms with Gasteiger partial charge >= 0.3 is 0 Å². The minimum absolute atomic E-state index is 0.0904. The molecule has 1 atom stereocenters. The smallest absolute Gasteiger partial charge is 0.254 e. The SMILES string of the molecule is Cc1c(C(=O)NCCc2ccc(Cl)cc2)cnn1C1CCS(=O)(=O)C1. The van der Waals surface area contributed by atoms with Crippen LogP contribution in [0.1, 0.15) is 34.1 Å². The van der Waals surface area contributed by atoms with Crippen LogP contribution in [0.2, 0.25) is 5.02 Å². The van der Waals surface area contributed by atoms with Crippen LogP contribution in [0, 0.1) is 6.92 Å². The summed E-state index contributed by atoms with van der Waals surface area (Å²) in [6.45, 7) is 2.30. The number of carbonyl (C=O) groups is 1. The number of hydrogen-bond donors (Lipinski definition) is 1. The zero-order valence-electron chi connectivity index (χ0n) is 13.9. The van der Waals surface area contributed by atoms with Crippen molar-refractivity contribution in [2.24, 2.45) is 0 Å². The average molecular weight is 382 g/mol. The van der Waals surface area contributed by atoms with Gasteiger partial charge in [-0.2, -0.15) is 5.10 Å². The van der Waals surface area contributed by atoms with E-state index in [9.17, 15) is 13.2 Å². The van der Waals surface area contributed by atoms with Crippen LogP contribution in [0.3, 0.4) is 0 Å². The van der Waals surface area contributed by atoms with Gasteiger partial charge in [0.25, 0.3) is 5.91 Å². The molecule has 134 valence electrons. The van der Waals surface area contributed by atoms with E-state index in [4.69, 9.17) is 11.6 Å². The lowest BCUT2D eigenvalue weighted by Crippen LogP contribution is -2.26. The summed E-state index contributed by atoms with van der Waals surface area (Å²) >= 11 is 5.85. The molecule has 0 spiro atoms.